The van der Waals surface area contributed by atoms with Crippen LogP contribution in [0.4, 0.5) is 4.39 Å². The van der Waals surface area contributed by atoms with Gasteiger partial charge in [0.2, 0.25) is 0 Å². The Balaban J connectivity index is 2.01. The van der Waals surface area contributed by atoms with Gasteiger partial charge < -0.3 is 5.32 Å². The monoisotopic (exact) mass is 263 g/mol. The summed E-state index contributed by atoms with van der Waals surface area (Å²) in [5, 5.41) is 2.82. The molecule has 4 heteroatoms. The van der Waals surface area contributed by atoms with E-state index in [4.69, 9.17) is 0 Å². The second-order valence-electron chi connectivity index (χ2n) is 4.16. The maximum Gasteiger partial charge on any atom is 0.251 e. The summed E-state index contributed by atoms with van der Waals surface area (Å²) in [4.78, 5) is 14.2. The van der Waals surface area contributed by atoms with E-state index in [2.05, 4.69) is 5.32 Å². The van der Waals surface area contributed by atoms with Crippen LogP contribution in [0.2, 0.25) is 0 Å². The van der Waals surface area contributed by atoms with Crippen LogP contribution >= 0.6 is 11.3 Å². The van der Waals surface area contributed by atoms with Crippen molar-refractivity contribution in [2.75, 3.05) is 0 Å². The number of halogens is 1. The largest absolute Gasteiger partial charge is 0.347 e. The zero-order chi connectivity index (χ0) is 13.1. The number of amides is 1. The Hall–Kier alpha value is -1.68. The summed E-state index contributed by atoms with van der Waals surface area (Å²) in [6.45, 7) is 4.18. The number of hydrogen-bond donors (Lipinski definition) is 1. The molecule has 0 bridgehead atoms. The number of thiophene rings is 1. The molecule has 0 aliphatic carbocycles. The van der Waals surface area contributed by atoms with Crippen molar-refractivity contribution in [3.8, 4) is 0 Å². The standard InChI is InChI=1S/C14H14FNOS/c1-9-7-11(4-6-13(9)15)14(17)16-8-12-5-3-10(2)18-12/h3-7H,8H2,1-2H3,(H,16,17). The molecule has 0 saturated carbocycles. The van der Waals surface area contributed by atoms with Crippen molar-refractivity contribution in [3.05, 3.63) is 57.0 Å². The lowest BCUT2D eigenvalue weighted by molar-refractivity contribution is 0.0951. The van der Waals surface area contributed by atoms with Gasteiger partial charge in [-0.1, -0.05) is 0 Å². The van der Waals surface area contributed by atoms with Crippen molar-refractivity contribution in [2.45, 2.75) is 20.4 Å². The van der Waals surface area contributed by atoms with Crippen LogP contribution in [0.25, 0.3) is 0 Å². The molecule has 0 unspecified atom stereocenters. The molecular weight excluding hydrogens is 249 g/mol. The number of hydrogen-bond acceptors (Lipinski definition) is 2. The summed E-state index contributed by atoms with van der Waals surface area (Å²) in [7, 11) is 0. The second-order valence-corrected chi connectivity index (χ2v) is 5.53. The quantitative estimate of drug-likeness (QED) is 0.903. The SMILES string of the molecule is Cc1ccc(CNC(=O)c2ccc(F)c(C)c2)s1. The molecule has 18 heavy (non-hydrogen) atoms. The van der Waals surface area contributed by atoms with Crippen molar-refractivity contribution in [1.82, 2.24) is 5.32 Å². The highest BCUT2D eigenvalue weighted by atomic mass is 32.1. The number of carbonyl (C=O) groups excluding carboxylic acids is 1. The third-order valence-corrected chi connectivity index (χ3v) is 3.64. The molecule has 0 aliphatic rings. The minimum atomic E-state index is -0.291. The maximum absolute atomic E-state index is 13.1. The normalized spacial score (nSPS) is 10.4. The van der Waals surface area contributed by atoms with Gasteiger partial charge in [-0.3, -0.25) is 4.79 Å². The first-order chi connectivity index (χ1) is 8.56. The summed E-state index contributed by atoms with van der Waals surface area (Å²) in [6.07, 6.45) is 0. The van der Waals surface area contributed by atoms with Crippen LogP contribution < -0.4 is 5.32 Å². The van der Waals surface area contributed by atoms with Gasteiger partial charge in [-0.15, -0.1) is 11.3 Å². The summed E-state index contributed by atoms with van der Waals surface area (Å²) in [6, 6.07) is 8.39. The summed E-state index contributed by atoms with van der Waals surface area (Å²) >= 11 is 1.66. The lowest BCUT2D eigenvalue weighted by atomic mass is 10.1. The fraction of sp³-hybridized carbons (Fsp3) is 0.214. The molecule has 0 saturated heterocycles. The highest BCUT2D eigenvalue weighted by molar-refractivity contribution is 7.11. The van der Waals surface area contributed by atoms with Crippen LogP contribution in [-0.2, 0) is 6.54 Å². The first-order valence-corrected chi connectivity index (χ1v) is 6.47. The Labute approximate surface area is 109 Å². The van der Waals surface area contributed by atoms with Crippen LogP contribution in [0.1, 0.15) is 25.7 Å². The number of nitrogens with one attached hydrogen (secondary N) is 1. The number of aryl methyl sites for hydroxylation is 2. The molecule has 1 amide bonds. The minimum Gasteiger partial charge on any atom is -0.347 e. The fourth-order valence-electron chi connectivity index (χ4n) is 1.64. The van der Waals surface area contributed by atoms with Gasteiger partial charge in [0.1, 0.15) is 5.82 Å². The zero-order valence-corrected chi connectivity index (χ0v) is 11.1. The van der Waals surface area contributed by atoms with Gasteiger partial charge >= 0.3 is 0 Å². The smallest absolute Gasteiger partial charge is 0.251 e. The minimum absolute atomic E-state index is 0.177. The molecular formula is C14H14FNOS. The second kappa shape index (κ2) is 5.31. The van der Waals surface area contributed by atoms with Gasteiger partial charge in [0.15, 0.2) is 0 Å². The molecule has 0 atom stereocenters. The van der Waals surface area contributed by atoms with Gasteiger partial charge in [-0.2, -0.15) is 0 Å². The summed E-state index contributed by atoms with van der Waals surface area (Å²) in [5.41, 5.74) is 0.969. The molecule has 0 fully saturated rings. The van der Waals surface area contributed by atoms with E-state index in [1.165, 1.54) is 17.0 Å². The van der Waals surface area contributed by atoms with E-state index in [9.17, 15) is 9.18 Å². The molecule has 2 aromatic rings. The Morgan fingerprint density at radius 2 is 2.06 bits per heavy atom. The van der Waals surface area contributed by atoms with Gasteiger partial charge in [0, 0.05) is 15.3 Å². The molecule has 1 aromatic carbocycles. The maximum atomic E-state index is 13.1. The van der Waals surface area contributed by atoms with E-state index in [0.717, 1.165) is 4.88 Å². The average molecular weight is 263 g/mol. The van der Waals surface area contributed by atoms with Gasteiger partial charge in [-0.05, 0) is 49.7 Å². The fourth-order valence-corrected chi connectivity index (χ4v) is 2.47. The van der Waals surface area contributed by atoms with E-state index in [-0.39, 0.29) is 11.7 Å². The van der Waals surface area contributed by atoms with Crippen LogP contribution in [0.15, 0.2) is 30.3 Å². The van der Waals surface area contributed by atoms with Crippen molar-refractivity contribution in [2.24, 2.45) is 0 Å². The Morgan fingerprint density at radius 3 is 2.67 bits per heavy atom. The third kappa shape index (κ3) is 2.96. The molecule has 0 spiro atoms. The van der Waals surface area contributed by atoms with E-state index in [0.29, 0.717) is 17.7 Å². The number of benzene rings is 1. The van der Waals surface area contributed by atoms with Gasteiger partial charge in [0.05, 0.1) is 6.54 Å². The summed E-state index contributed by atoms with van der Waals surface area (Å²) in [5.74, 6) is -0.468. The van der Waals surface area contributed by atoms with Crippen LogP contribution in [0.5, 0.6) is 0 Å². The lowest BCUT2D eigenvalue weighted by Gasteiger charge is -2.05. The number of rotatable bonds is 3. The molecule has 1 heterocycles. The van der Waals surface area contributed by atoms with E-state index in [1.807, 2.05) is 19.1 Å². The first-order valence-electron chi connectivity index (χ1n) is 5.66. The van der Waals surface area contributed by atoms with Crippen LogP contribution in [0, 0.1) is 19.7 Å². The van der Waals surface area contributed by atoms with E-state index in [1.54, 1.807) is 24.3 Å². The highest BCUT2D eigenvalue weighted by Crippen LogP contribution is 2.15. The molecule has 94 valence electrons. The third-order valence-electron chi connectivity index (χ3n) is 2.64. The Morgan fingerprint density at radius 1 is 1.28 bits per heavy atom. The van der Waals surface area contributed by atoms with Crippen molar-refractivity contribution >= 4 is 17.2 Å². The van der Waals surface area contributed by atoms with E-state index >= 15 is 0 Å². The first kappa shape index (κ1) is 12.8. The molecule has 1 N–H and O–H groups in total. The highest BCUT2D eigenvalue weighted by Gasteiger charge is 2.07. The van der Waals surface area contributed by atoms with Gasteiger partial charge in [0.25, 0.3) is 5.91 Å². The van der Waals surface area contributed by atoms with Crippen molar-refractivity contribution in [1.29, 1.82) is 0 Å². The molecule has 0 radical (unpaired) electrons. The van der Waals surface area contributed by atoms with Crippen molar-refractivity contribution < 1.29 is 9.18 Å². The predicted octanol–water partition coefficient (Wildman–Crippen LogP) is 3.43. The molecule has 0 aliphatic heterocycles. The topological polar surface area (TPSA) is 29.1 Å². The van der Waals surface area contributed by atoms with Crippen molar-refractivity contribution in [3.63, 3.8) is 0 Å². The average Bonchev–Trinajstić information content (AvgIpc) is 2.75. The molecule has 1 aromatic heterocycles. The Bertz CT molecular complexity index is 577. The lowest BCUT2D eigenvalue weighted by Crippen LogP contribution is -2.22. The predicted molar refractivity (Wildman–Crippen MR) is 71.4 cm³/mol. The molecule has 2 nitrogen and oxygen atoms in total. The van der Waals surface area contributed by atoms with Crippen LogP contribution in [-0.4, -0.2) is 5.91 Å². The summed E-state index contributed by atoms with van der Waals surface area (Å²) < 4.78 is 13.1. The Kier molecular flexibility index (Phi) is 3.77. The van der Waals surface area contributed by atoms with Crippen LogP contribution in [0.3, 0.4) is 0 Å². The van der Waals surface area contributed by atoms with Gasteiger partial charge in [-0.25, -0.2) is 4.39 Å². The van der Waals surface area contributed by atoms with E-state index < -0.39 is 0 Å². The zero-order valence-electron chi connectivity index (χ0n) is 10.3. The molecule has 2 rings (SSSR count). The number of carbonyl (C=O) groups is 1.